The van der Waals surface area contributed by atoms with Crippen LogP contribution < -0.4 is 5.73 Å². The van der Waals surface area contributed by atoms with Gasteiger partial charge in [0, 0.05) is 25.4 Å². The zero-order valence-electron chi connectivity index (χ0n) is 10.9. The second-order valence-electron chi connectivity index (χ2n) is 4.52. The van der Waals surface area contributed by atoms with Gasteiger partial charge in [0.15, 0.2) is 0 Å². The van der Waals surface area contributed by atoms with Crippen LogP contribution in [0.25, 0.3) is 0 Å². The molecule has 19 heavy (non-hydrogen) atoms. The maximum atomic E-state index is 11.0. The number of hydrogen-bond donors (Lipinski definition) is 1. The second kappa shape index (κ2) is 5.98. The van der Waals surface area contributed by atoms with Gasteiger partial charge in [-0.3, -0.25) is 10.1 Å². The van der Waals surface area contributed by atoms with E-state index in [1.807, 2.05) is 0 Å². The summed E-state index contributed by atoms with van der Waals surface area (Å²) in [7, 11) is -1.25. The molecule has 2 N–H and O–H groups in total. The smallest absolute Gasteiger partial charge is 0.292 e. The molecule has 0 saturated heterocycles. The minimum atomic E-state index is -3.01. The summed E-state index contributed by atoms with van der Waals surface area (Å²) in [4.78, 5) is 12.0. The van der Waals surface area contributed by atoms with Crippen molar-refractivity contribution in [1.29, 1.82) is 0 Å². The van der Waals surface area contributed by atoms with Crippen LogP contribution >= 0.6 is 0 Å². The van der Waals surface area contributed by atoms with Gasteiger partial charge in [0.25, 0.3) is 5.69 Å². The highest BCUT2D eigenvalue weighted by Crippen LogP contribution is 2.22. The van der Waals surface area contributed by atoms with Crippen molar-refractivity contribution in [1.82, 2.24) is 4.90 Å². The number of nitrogens with zero attached hydrogens (tertiary/aromatic N) is 2. The summed E-state index contributed by atoms with van der Waals surface area (Å²) in [6.07, 6.45) is 1.18. The van der Waals surface area contributed by atoms with Crippen LogP contribution in [0.1, 0.15) is 5.56 Å². The Kier molecular flexibility index (Phi) is 4.84. The van der Waals surface area contributed by atoms with Gasteiger partial charge in [0.2, 0.25) is 0 Å². The van der Waals surface area contributed by atoms with Gasteiger partial charge in [0.1, 0.15) is 15.5 Å². The predicted molar refractivity (Wildman–Crippen MR) is 73.6 cm³/mol. The Morgan fingerprint density at radius 1 is 1.42 bits per heavy atom. The zero-order chi connectivity index (χ0) is 14.6. The average molecular weight is 287 g/mol. The molecule has 0 unspecified atom stereocenters. The van der Waals surface area contributed by atoms with Gasteiger partial charge in [0.05, 0.1) is 10.7 Å². The summed E-state index contributed by atoms with van der Waals surface area (Å²) in [5, 5.41) is 10.7. The molecule has 1 aromatic rings. The van der Waals surface area contributed by atoms with E-state index in [2.05, 4.69) is 0 Å². The maximum Gasteiger partial charge on any atom is 0.292 e. The summed E-state index contributed by atoms with van der Waals surface area (Å²) in [6, 6.07) is 4.59. The van der Waals surface area contributed by atoms with Crippen LogP contribution in [0.5, 0.6) is 0 Å². The normalized spacial score (nSPS) is 11.7. The minimum absolute atomic E-state index is 0.0561. The third-order valence-electron chi connectivity index (χ3n) is 2.59. The van der Waals surface area contributed by atoms with E-state index >= 15 is 0 Å². The van der Waals surface area contributed by atoms with Crippen molar-refractivity contribution in [2.45, 2.75) is 6.54 Å². The molecule has 0 heterocycles. The van der Waals surface area contributed by atoms with Gasteiger partial charge in [-0.15, -0.1) is 0 Å². The number of sulfone groups is 1. The fourth-order valence-corrected chi connectivity index (χ4v) is 2.20. The zero-order valence-corrected chi connectivity index (χ0v) is 11.7. The number of nitro groups is 1. The molecule has 0 aliphatic heterocycles. The van der Waals surface area contributed by atoms with Crippen molar-refractivity contribution in [2.24, 2.45) is 0 Å². The van der Waals surface area contributed by atoms with E-state index in [1.165, 1.54) is 18.4 Å². The van der Waals surface area contributed by atoms with E-state index < -0.39 is 14.8 Å². The third kappa shape index (κ3) is 5.23. The number of anilines is 1. The molecule has 0 amide bonds. The lowest BCUT2D eigenvalue weighted by atomic mass is 10.1. The lowest BCUT2D eigenvalue weighted by molar-refractivity contribution is -0.384. The molecule has 8 heteroatoms. The van der Waals surface area contributed by atoms with E-state index in [0.717, 1.165) is 5.56 Å². The van der Waals surface area contributed by atoms with Crippen LogP contribution in [0.3, 0.4) is 0 Å². The monoisotopic (exact) mass is 287 g/mol. The first-order valence-electron chi connectivity index (χ1n) is 5.58. The molecule has 0 bridgehead atoms. The summed E-state index contributed by atoms with van der Waals surface area (Å²) in [5.41, 5.74) is 6.21. The molecule has 0 aliphatic carbocycles. The van der Waals surface area contributed by atoms with Crippen LogP contribution in [0.15, 0.2) is 18.2 Å². The second-order valence-corrected chi connectivity index (χ2v) is 6.78. The first-order chi connectivity index (χ1) is 8.69. The van der Waals surface area contributed by atoms with Crippen molar-refractivity contribution in [3.8, 4) is 0 Å². The van der Waals surface area contributed by atoms with Crippen molar-refractivity contribution in [2.75, 3.05) is 31.3 Å². The van der Waals surface area contributed by atoms with E-state index in [-0.39, 0.29) is 17.1 Å². The molecule has 1 aromatic carbocycles. The van der Waals surface area contributed by atoms with Crippen LogP contribution in [0, 0.1) is 10.1 Å². The predicted octanol–water partition coefficient (Wildman–Crippen LogP) is 0.653. The molecule has 7 nitrogen and oxygen atoms in total. The highest BCUT2D eigenvalue weighted by Gasteiger charge is 2.13. The molecule has 1 rings (SSSR count). The van der Waals surface area contributed by atoms with Crippen LogP contribution in [-0.4, -0.2) is 43.8 Å². The summed E-state index contributed by atoms with van der Waals surface area (Å²) in [6.45, 7) is 0.799. The SMILES string of the molecule is CN(CCS(C)(=O)=O)Cc1ccc(N)c([N+](=O)[O-])c1. The Labute approximate surface area is 112 Å². The van der Waals surface area contributed by atoms with Gasteiger partial charge in [-0.25, -0.2) is 8.42 Å². The van der Waals surface area contributed by atoms with E-state index in [1.54, 1.807) is 18.0 Å². The fourth-order valence-electron chi connectivity index (χ4n) is 1.56. The molecular weight excluding hydrogens is 270 g/mol. The van der Waals surface area contributed by atoms with E-state index in [0.29, 0.717) is 13.1 Å². The fraction of sp³-hybridized carbons (Fsp3) is 0.455. The van der Waals surface area contributed by atoms with Gasteiger partial charge in [-0.1, -0.05) is 6.07 Å². The quantitative estimate of drug-likeness (QED) is 0.468. The van der Waals surface area contributed by atoms with Crippen molar-refractivity contribution < 1.29 is 13.3 Å². The van der Waals surface area contributed by atoms with Gasteiger partial charge < -0.3 is 10.6 Å². The highest BCUT2D eigenvalue weighted by molar-refractivity contribution is 7.90. The summed E-state index contributed by atoms with van der Waals surface area (Å²) < 4.78 is 22.1. The number of nitro benzene ring substituents is 1. The Balaban J connectivity index is 2.72. The Bertz CT molecular complexity index is 571. The molecule has 0 fully saturated rings. The van der Waals surface area contributed by atoms with E-state index in [4.69, 9.17) is 5.73 Å². The van der Waals surface area contributed by atoms with Crippen LogP contribution in [0.2, 0.25) is 0 Å². The number of hydrogen-bond acceptors (Lipinski definition) is 6. The van der Waals surface area contributed by atoms with E-state index in [9.17, 15) is 18.5 Å². The first-order valence-corrected chi connectivity index (χ1v) is 7.64. The molecule has 0 radical (unpaired) electrons. The van der Waals surface area contributed by atoms with Gasteiger partial charge >= 0.3 is 0 Å². The molecular formula is C11H17N3O4S. The topological polar surface area (TPSA) is 107 Å². The summed E-state index contributed by atoms with van der Waals surface area (Å²) >= 11 is 0. The average Bonchev–Trinajstić information content (AvgIpc) is 2.28. The number of benzene rings is 1. The molecule has 0 aliphatic rings. The molecule has 0 aromatic heterocycles. The standard InChI is InChI=1S/C11H17N3O4S/c1-13(5-6-19(2,17)18)8-9-3-4-10(12)11(7-9)14(15)16/h3-4,7H,5-6,8,12H2,1-2H3. The number of rotatable bonds is 6. The molecule has 0 spiro atoms. The van der Waals surface area contributed by atoms with Crippen LogP contribution in [-0.2, 0) is 16.4 Å². The lowest BCUT2D eigenvalue weighted by Crippen LogP contribution is -2.24. The molecule has 0 atom stereocenters. The maximum absolute atomic E-state index is 11.0. The van der Waals surface area contributed by atoms with Crippen molar-refractivity contribution in [3.05, 3.63) is 33.9 Å². The third-order valence-corrected chi connectivity index (χ3v) is 3.51. The highest BCUT2D eigenvalue weighted by atomic mass is 32.2. The van der Waals surface area contributed by atoms with Gasteiger partial charge in [-0.2, -0.15) is 0 Å². The van der Waals surface area contributed by atoms with Crippen molar-refractivity contribution >= 4 is 21.2 Å². The number of nitrogens with two attached hydrogens (primary N) is 1. The number of nitrogen functional groups attached to an aromatic ring is 1. The molecule has 106 valence electrons. The van der Waals surface area contributed by atoms with Gasteiger partial charge in [-0.05, 0) is 18.7 Å². The van der Waals surface area contributed by atoms with Crippen molar-refractivity contribution in [3.63, 3.8) is 0 Å². The van der Waals surface area contributed by atoms with Crippen LogP contribution in [0.4, 0.5) is 11.4 Å². The lowest BCUT2D eigenvalue weighted by Gasteiger charge is -2.16. The Morgan fingerprint density at radius 3 is 2.58 bits per heavy atom. The Hall–Kier alpha value is -1.67. The first kappa shape index (κ1) is 15.4. The summed E-state index contributed by atoms with van der Waals surface area (Å²) in [5.74, 6) is 0.0561. The minimum Gasteiger partial charge on any atom is -0.393 e. The Morgan fingerprint density at radius 2 is 2.05 bits per heavy atom. The largest absolute Gasteiger partial charge is 0.393 e. The molecule has 0 saturated carbocycles.